The first kappa shape index (κ1) is 23.5. The third kappa shape index (κ3) is 3.98. The molecule has 3 aliphatic carbocycles. The van der Waals surface area contributed by atoms with Crippen LogP contribution < -0.4 is 5.32 Å². The molecule has 1 aromatic heterocycles. The number of nitrogens with zero attached hydrogens (tertiary/aromatic N) is 3. The smallest absolute Gasteiger partial charge is 0.323 e. The van der Waals surface area contributed by atoms with Crippen molar-refractivity contribution in [2.24, 2.45) is 23.2 Å². The topological polar surface area (TPSA) is 65.5 Å². The summed E-state index contributed by atoms with van der Waals surface area (Å²) in [6.45, 7) is 10.4. The summed E-state index contributed by atoms with van der Waals surface area (Å²) < 4.78 is 0. The van der Waals surface area contributed by atoms with E-state index in [0.29, 0.717) is 24.8 Å². The number of amides is 3. The average Bonchev–Trinajstić information content (AvgIpc) is 3.08. The van der Waals surface area contributed by atoms with Crippen LogP contribution in [0.25, 0.3) is 0 Å². The van der Waals surface area contributed by atoms with Gasteiger partial charge in [-0.1, -0.05) is 44.9 Å². The summed E-state index contributed by atoms with van der Waals surface area (Å²) in [6.07, 6.45) is 11.0. The molecule has 6 heteroatoms. The van der Waals surface area contributed by atoms with Gasteiger partial charge in [-0.3, -0.25) is 19.6 Å². The summed E-state index contributed by atoms with van der Waals surface area (Å²) in [6, 6.07) is 5.53. The number of urea groups is 1. The van der Waals surface area contributed by atoms with Gasteiger partial charge in [-0.2, -0.15) is 0 Å². The van der Waals surface area contributed by atoms with Crippen molar-refractivity contribution in [1.29, 1.82) is 0 Å². The van der Waals surface area contributed by atoms with Crippen molar-refractivity contribution in [1.82, 2.24) is 20.1 Å². The maximum Gasteiger partial charge on any atom is 0.325 e. The highest BCUT2D eigenvalue weighted by Crippen LogP contribution is 2.59. The molecule has 0 unspecified atom stereocenters. The predicted molar refractivity (Wildman–Crippen MR) is 133 cm³/mol. The number of carbonyl (C=O) groups is 2. The molecular weight excluding hydrogens is 424 g/mol. The molecule has 2 aliphatic heterocycles. The third-order valence-electron chi connectivity index (χ3n) is 9.44. The standard InChI is InChI=1S/C28H40N4O2/c1-4-13-28(25(33)32(26(34)30-28)17-12-23-7-5-6-14-29-23)21-10-15-31(16-11-21)19-20-8-9-22-18-24(20)27(22,2)3/h5-8,14,21-22,24H,4,9-13,15-19H2,1-3H3,(H,30,34)/t22-,24-,28+/m0/s1. The lowest BCUT2D eigenvalue weighted by Gasteiger charge is -2.57. The minimum absolute atomic E-state index is 0.0222. The Bertz CT molecular complexity index is 950. The Kier molecular flexibility index (Phi) is 6.30. The Labute approximate surface area is 204 Å². The minimum Gasteiger partial charge on any atom is -0.323 e. The second kappa shape index (κ2) is 9.10. The van der Waals surface area contributed by atoms with Gasteiger partial charge in [-0.15, -0.1) is 0 Å². The second-order valence-electron chi connectivity index (χ2n) is 11.6. The fourth-order valence-electron chi connectivity index (χ4n) is 7.16. The van der Waals surface area contributed by atoms with E-state index in [1.165, 1.54) is 17.7 Å². The summed E-state index contributed by atoms with van der Waals surface area (Å²) in [5.41, 5.74) is 2.27. The molecule has 1 N–H and O–H groups in total. The molecule has 6 rings (SSSR count). The number of nitrogens with one attached hydrogen (secondary N) is 1. The molecule has 3 amide bonds. The van der Waals surface area contributed by atoms with Gasteiger partial charge in [0.1, 0.15) is 5.54 Å². The van der Waals surface area contributed by atoms with E-state index in [0.717, 1.165) is 56.4 Å². The van der Waals surface area contributed by atoms with Crippen molar-refractivity contribution in [3.8, 4) is 0 Å². The molecular formula is C28H40N4O2. The number of hydrogen-bond donors (Lipinski definition) is 1. The minimum atomic E-state index is -0.741. The molecule has 6 nitrogen and oxygen atoms in total. The molecule has 184 valence electrons. The van der Waals surface area contributed by atoms with Crippen LogP contribution >= 0.6 is 0 Å². The van der Waals surface area contributed by atoms with Crippen LogP contribution in [0.15, 0.2) is 36.0 Å². The fourth-order valence-corrected chi connectivity index (χ4v) is 7.16. The van der Waals surface area contributed by atoms with Crippen LogP contribution in [0.5, 0.6) is 0 Å². The van der Waals surface area contributed by atoms with Crippen molar-refractivity contribution >= 4 is 11.9 Å². The van der Waals surface area contributed by atoms with E-state index in [1.807, 2.05) is 18.2 Å². The van der Waals surface area contributed by atoms with Crippen LogP contribution in [0.2, 0.25) is 0 Å². The first-order chi connectivity index (χ1) is 16.3. The second-order valence-corrected chi connectivity index (χ2v) is 11.6. The van der Waals surface area contributed by atoms with Crippen molar-refractivity contribution in [3.05, 3.63) is 41.7 Å². The van der Waals surface area contributed by atoms with Crippen LogP contribution in [-0.2, 0) is 11.2 Å². The molecule has 2 saturated heterocycles. The Morgan fingerprint density at radius 2 is 1.94 bits per heavy atom. The van der Waals surface area contributed by atoms with Crippen LogP contribution in [0.1, 0.15) is 65.0 Å². The highest BCUT2D eigenvalue weighted by atomic mass is 16.2. The first-order valence-corrected chi connectivity index (χ1v) is 13.3. The van der Waals surface area contributed by atoms with E-state index in [1.54, 1.807) is 11.8 Å². The van der Waals surface area contributed by atoms with Gasteiger partial charge in [0.2, 0.25) is 0 Å². The largest absolute Gasteiger partial charge is 0.325 e. The van der Waals surface area contributed by atoms with Crippen molar-refractivity contribution in [3.63, 3.8) is 0 Å². The van der Waals surface area contributed by atoms with Gasteiger partial charge in [0.05, 0.1) is 0 Å². The molecule has 0 radical (unpaired) electrons. The zero-order chi connectivity index (χ0) is 23.9. The molecule has 2 bridgehead atoms. The number of aromatic nitrogens is 1. The molecule has 5 aliphatic rings. The number of rotatable bonds is 8. The normalized spacial score (nSPS) is 31.3. The van der Waals surface area contributed by atoms with Gasteiger partial charge in [0.15, 0.2) is 0 Å². The first-order valence-electron chi connectivity index (χ1n) is 13.3. The lowest BCUT2D eigenvalue weighted by Crippen LogP contribution is -2.56. The summed E-state index contributed by atoms with van der Waals surface area (Å²) in [5.74, 6) is 1.80. The van der Waals surface area contributed by atoms with Crippen LogP contribution in [0.3, 0.4) is 0 Å². The highest BCUT2D eigenvalue weighted by Gasteiger charge is 2.55. The van der Waals surface area contributed by atoms with Gasteiger partial charge < -0.3 is 5.32 Å². The van der Waals surface area contributed by atoms with Gasteiger partial charge in [-0.05, 0) is 80.5 Å². The number of imide groups is 1. The van der Waals surface area contributed by atoms with Gasteiger partial charge >= 0.3 is 6.03 Å². The summed E-state index contributed by atoms with van der Waals surface area (Å²) in [5, 5.41) is 3.18. The monoisotopic (exact) mass is 464 g/mol. The Morgan fingerprint density at radius 3 is 2.59 bits per heavy atom. The lowest BCUT2D eigenvalue weighted by atomic mass is 9.49. The van der Waals surface area contributed by atoms with Gasteiger partial charge in [-0.25, -0.2) is 4.79 Å². The average molecular weight is 465 g/mol. The maximum absolute atomic E-state index is 13.7. The molecule has 3 heterocycles. The quantitative estimate of drug-likeness (QED) is 0.457. The highest BCUT2D eigenvalue weighted by molar-refractivity contribution is 6.07. The summed E-state index contributed by atoms with van der Waals surface area (Å²) in [7, 11) is 0. The Hall–Kier alpha value is -2.21. The SMILES string of the molecule is CCC[C@]1(C2CCN(CC3=CC[C@H]4C[C@@H]3C4(C)C)CC2)NC(=O)N(CCc2ccccn2)C1=O. The van der Waals surface area contributed by atoms with Gasteiger partial charge in [0, 0.05) is 31.4 Å². The number of fused-ring (bicyclic) bond motifs is 1. The van der Waals surface area contributed by atoms with Crippen LogP contribution in [0, 0.1) is 23.2 Å². The molecule has 0 spiro atoms. The Balaban J connectivity index is 1.22. The van der Waals surface area contributed by atoms with E-state index < -0.39 is 5.54 Å². The number of hydrogen-bond acceptors (Lipinski definition) is 4. The zero-order valence-corrected chi connectivity index (χ0v) is 21.1. The van der Waals surface area contributed by atoms with Gasteiger partial charge in [0.25, 0.3) is 5.91 Å². The van der Waals surface area contributed by atoms with Crippen molar-refractivity contribution in [2.45, 2.75) is 71.3 Å². The number of pyridine rings is 1. The fraction of sp³-hybridized carbons (Fsp3) is 0.679. The van der Waals surface area contributed by atoms with E-state index in [4.69, 9.17) is 0 Å². The number of likely N-dealkylation sites (tertiary alicyclic amines) is 1. The number of allylic oxidation sites excluding steroid dienone is 1. The third-order valence-corrected chi connectivity index (χ3v) is 9.44. The molecule has 34 heavy (non-hydrogen) atoms. The summed E-state index contributed by atoms with van der Waals surface area (Å²) >= 11 is 0. The zero-order valence-electron chi connectivity index (χ0n) is 21.1. The molecule has 1 aromatic rings. The van der Waals surface area contributed by atoms with E-state index in [2.05, 4.69) is 42.0 Å². The Morgan fingerprint density at radius 1 is 1.15 bits per heavy atom. The lowest BCUT2D eigenvalue weighted by molar-refractivity contribution is -0.134. The van der Waals surface area contributed by atoms with Crippen LogP contribution in [-0.4, -0.2) is 58.4 Å². The summed E-state index contributed by atoms with van der Waals surface area (Å²) in [4.78, 5) is 35.0. The van der Waals surface area contributed by atoms with E-state index in [-0.39, 0.29) is 17.9 Å². The van der Waals surface area contributed by atoms with E-state index >= 15 is 0 Å². The van der Waals surface area contributed by atoms with E-state index in [9.17, 15) is 9.59 Å². The predicted octanol–water partition coefficient (Wildman–Crippen LogP) is 4.42. The number of piperidine rings is 1. The number of carbonyl (C=O) groups excluding carboxylic acids is 2. The molecule has 1 saturated carbocycles. The van der Waals surface area contributed by atoms with Crippen LogP contribution in [0.4, 0.5) is 4.79 Å². The molecule has 3 atom stereocenters. The van der Waals surface area contributed by atoms with Crippen molar-refractivity contribution in [2.75, 3.05) is 26.2 Å². The maximum atomic E-state index is 13.7. The van der Waals surface area contributed by atoms with Crippen molar-refractivity contribution < 1.29 is 9.59 Å². The molecule has 0 aromatic carbocycles. The molecule has 3 fully saturated rings.